The van der Waals surface area contributed by atoms with Gasteiger partial charge < -0.3 is 14.8 Å². The highest BCUT2D eigenvalue weighted by molar-refractivity contribution is 9.10. The Kier molecular flexibility index (Phi) is 7.36. The van der Waals surface area contributed by atoms with Crippen molar-refractivity contribution in [2.75, 3.05) is 12.4 Å². The quantitative estimate of drug-likeness (QED) is 0.361. The largest absolute Gasteiger partial charge is 0.493 e. The zero-order valence-electron chi connectivity index (χ0n) is 14.9. The number of methoxy groups -OCH3 is 1. The van der Waals surface area contributed by atoms with Crippen LogP contribution < -0.4 is 14.8 Å². The van der Waals surface area contributed by atoms with Crippen molar-refractivity contribution in [3.05, 3.63) is 85.3 Å². The van der Waals surface area contributed by atoms with Crippen LogP contribution in [0.2, 0.25) is 15.1 Å². The predicted octanol–water partition coefficient (Wildman–Crippen LogP) is 7.61. The number of hydrogen-bond donors (Lipinski definition) is 1. The van der Waals surface area contributed by atoms with Crippen LogP contribution in [-0.4, -0.2) is 7.11 Å². The number of rotatable bonds is 7. The number of nitrogens with one attached hydrogen (secondary N) is 1. The van der Waals surface area contributed by atoms with Gasteiger partial charge in [-0.3, -0.25) is 0 Å². The Hall–Kier alpha value is -1.59. The second-order valence-electron chi connectivity index (χ2n) is 6.02. The van der Waals surface area contributed by atoms with Crippen LogP contribution in [0.5, 0.6) is 11.5 Å². The molecule has 0 aliphatic carbocycles. The van der Waals surface area contributed by atoms with Crippen molar-refractivity contribution >= 4 is 56.4 Å². The molecule has 0 saturated heterocycles. The number of benzene rings is 3. The first-order chi connectivity index (χ1) is 13.4. The Bertz CT molecular complexity index is 944. The second kappa shape index (κ2) is 9.75. The molecule has 0 saturated carbocycles. The van der Waals surface area contributed by atoms with E-state index in [2.05, 4.69) is 21.2 Å². The van der Waals surface area contributed by atoms with E-state index in [9.17, 15) is 0 Å². The van der Waals surface area contributed by atoms with E-state index < -0.39 is 0 Å². The van der Waals surface area contributed by atoms with Crippen LogP contribution in [0.1, 0.15) is 11.1 Å². The minimum absolute atomic E-state index is 0.415. The average molecular weight is 502 g/mol. The zero-order chi connectivity index (χ0) is 20.1. The SMILES string of the molecule is COc1cc(CNc2cc(Cl)cc(Cl)c2)c(Br)cc1OCc1ccc(Cl)cc1. The Morgan fingerprint density at radius 1 is 0.857 bits per heavy atom. The lowest BCUT2D eigenvalue weighted by molar-refractivity contribution is 0.284. The number of hydrogen-bond acceptors (Lipinski definition) is 3. The van der Waals surface area contributed by atoms with Gasteiger partial charge in [0.05, 0.1) is 7.11 Å². The topological polar surface area (TPSA) is 30.5 Å². The summed E-state index contributed by atoms with van der Waals surface area (Å²) in [6, 6.07) is 16.7. The molecule has 3 rings (SSSR count). The molecule has 28 heavy (non-hydrogen) atoms. The van der Waals surface area contributed by atoms with Crippen LogP contribution in [0, 0.1) is 0 Å². The molecule has 0 radical (unpaired) electrons. The highest BCUT2D eigenvalue weighted by Gasteiger charge is 2.11. The van der Waals surface area contributed by atoms with E-state index in [4.69, 9.17) is 44.3 Å². The van der Waals surface area contributed by atoms with Crippen LogP contribution in [0.3, 0.4) is 0 Å². The normalized spacial score (nSPS) is 10.6. The molecule has 0 fully saturated rings. The second-order valence-corrected chi connectivity index (χ2v) is 8.18. The van der Waals surface area contributed by atoms with E-state index >= 15 is 0 Å². The summed E-state index contributed by atoms with van der Waals surface area (Å²) < 4.78 is 12.3. The Balaban J connectivity index is 1.72. The highest BCUT2D eigenvalue weighted by atomic mass is 79.9. The lowest BCUT2D eigenvalue weighted by atomic mass is 10.2. The van der Waals surface area contributed by atoms with E-state index in [0.29, 0.717) is 39.7 Å². The molecule has 0 spiro atoms. The molecule has 1 N–H and O–H groups in total. The van der Waals surface area contributed by atoms with Gasteiger partial charge in [0.1, 0.15) is 6.61 Å². The summed E-state index contributed by atoms with van der Waals surface area (Å²) in [7, 11) is 1.62. The van der Waals surface area contributed by atoms with Crippen LogP contribution in [-0.2, 0) is 13.2 Å². The van der Waals surface area contributed by atoms with Crippen molar-refractivity contribution in [3.63, 3.8) is 0 Å². The Morgan fingerprint density at radius 2 is 1.54 bits per heavy atom. The predicted molar refractivity (Wildman–Crippen MR) is 120 cm³/mol. The standard InChI is InChI=1S/C21H17BrCl3NO2/c1-27-20-6-14(11-26-18-8-16(24)7-17(25)9-18)19(22)10-21(20)28-12-13-2-4-15(23)5-3-13/h2-10,26H,11-12H2,1H3. The lowest BCUT2D eigenvalue weighted by Crippen LogP contribution is -2.03. The summed E-state index contributed by atoms with van der Waals surface area (Å²) in [6.07, 6.45) is 0. The maximum absolute atomic E-state index is 6.05. The molecule has 7 heteroatoms. The molecule has 0 bridgehead atoms. The van der Waals surface area contributed by atoms with E-state index in [1.807, 2.05) is 48.5 Å². The van der Waals surface area contributed by atoms with Crippen LogP contribution >= 0.6 is 50.7 Å². The third-order valence-electron chi connectivity index (χ3n) is 3.99. The fourth-order valence-electron chi connectivity index (χ4n) is 2.58. The van der Waals surface area contributed by atoms with Crippen molar-refractivity contribution in [2.45, 2.75) is 13.2 Å². The van der Waals surface area contributed by atoms with E-state index in [0.717, 1.165) is 21.3 Å². The van der Waals surface area contributed by atoms with Gasteiger partial charge in [0.25, 0.3) is 0 Å². The van der Waals surface area contributed by atoms with E-state index in [1.54, 1.807) is 13.2 Å². The van der Waals surface area contributed by atoms with Crippen molar-refractivity contribution in [2.24, 2.45) is 0 Å². The molecule has 0 aliphatic rings. The molecule has 3 aromatic carbocycles. The molecule has 0 amide bonds. The van der Waals surface area contributed by atoms with Crippen molar-refractivity contribution < 1.29 is 9.47 Å². The molecule has 3 nitrogen and oxygen atoms in total. The summed E-state index contributed by atoms with van der Waals surface area (Å²) in [5.74, 6) is 1.30. The Morgan fingerprint density at radius 3 is 2.18 bits per heavy atom. The van der Waals surface area contributed by atoms with Gasteiger partial charge >= 0.3 is 0 Å². The van der Waals surface area contributed by atoms with E-state index in [-0.39, 0.29) is 0 Å². The fourth-order valence-corrected chi connectivity index (χ4v) is 3.69. The monoisotopic (exact) mass is 499 g/mol. The molecule has 146 valence electrons. The number of anilines is 1. The maximum Gasteiger partial charge on any atom is 0.162 e. The van der Waals surface area contributed by atoms with Gasteiger partial charge in [0, 0.05) is 31.8 Å². The van der Waals surface area contributed by atoms with Gasteiger partial charge in [-0.25, -0.2) is 0 Å². The van der Waals surface area contributed by atoms with Crippen molar-refractivity contribution in [1.82, 2.24) is 0 Å². The highest BCUT2D eigenvalue weighted by Crippen LogP contribution is 2.35. The van der Waals surface area contributed by atoms with Crippen LogP contribution in [0.4, 0.5) is 5.69 Å². The molecule has 3 aromatic rings. The van der Waals surface area contributed by atoms with Gasteiger partial charge in [-0.05, 0) is 53.6 Å². The van der Waals surface area contributed by atoms with Crippen molar-refractivity contribution in [3.8, 4) is 11.5 Å². The number of halogens is 4. The summed E-state index contributed by atoms with van der Waals surface area (Å²) in [4.78, 5) is 0. The average Bonchev–Trinajstić information content (AvgIpc) is 2.66. The molecule has 0 heterocycles. The zero-order valence-corrected chi connectivity index (χ0v) is 18.8. The van der Waals surface area contributed by atoms with Crippen LogP contribution in [0.15, 0.2) is 59.1 Å². The summed E-state index contributed by atoms with van der Waals surface area (Å²) in [5.41, 5.74) is 2.87. The smallest absolute Gasteiger partial charge is 0.162 e. The first-order valence-electron chi connectivity index (χ1n) is 8.38. The van der Waals surface area contributed by atoms with Gasteiger partial charge in [0.15, 0.2) is 11.5 Å². The minimum atomic E-state index is 0.415. The van der Waals surface area contributed by atoms with Gasteiger partial charge in [-0.15, -0.1) is 0 Å². The van der Waals surface area contributed by atoms with Crippen molar-refractivity contribution in [1.29, 1.82) is 0 Å². The molecule has 0 unspecified atom stereocenters. The summed E-state index contributed by atoms with van der Waals surface area (Å²) >= 11 is 21.6. The van der Waals surface area contributed by atoms with E-state index in [1.165, 1.54) is 0 Å². The first-order valence-corrected chi connectivity index (χ1v) is 10.3. The summed E-state index contributed by atoms with van der Waals surface area (Å²) in [5, 5.41) is 5.17. The van der Waals surface area contributed by atoms with Gasteiger partial charge in [-0.2, -0.15) is 0 Å². The number of ether oxygens (including phenoxy) is 2. The molecule has 0 aliphatic heterocycles. The molecular weight excluding hydrogens is 484 g/mol. The summed E-state index contributed by atoms with van der Waals surface area (Å²) in [6.45, 7) is 0.976. The first kappa shape index (κ1) is 21.1. The molecule has 0 atom stereocenters. The fraction of sp³-hybridized carbons (Fsp3) is 0.143. The molecular formula is C21H17BrCl3NO2. The third kappa shape index (κ3) is 5.71. The minimum Gasteiger partial charge on any atom is -0.493 e. The van der Waals surface area contributed by atoms with Gasteiger partial charge in [-0.1, -0.05) is 62.9 Å². The third-order valence-corrected chi connectivity index (χ3v) is 5.41. The maximum atomic E-state index is 6.05. The lowest BCUT2D eigenvalue weighted by Gasteiger charge is -2.15. The van der Waals surface area contributed by atoms with Crippen LogP contribution in [0.25, 0.3) is 0 Å². The van der Waals surface area contributed by atoms with Gasteiger partial charge in [0.2, 0.25) is 0 Å². The Labute approximate surface area is 187 Å². The molecule has 0 aromatic heterocycles.